The SMILES string of the molecule is C[C@@H]1CN([C@H](C)CO)C(=O)Cc2cc(NC(=O)c3ccncc3)ccc2O[C@@H]1CN(C)Cc1ccc(C(=O)Nc2ccccc2N)cc1. The molecule has 0 saturated heterocycles. The number of rotatable bonds is 10. The van der Waals surface area contributed by atoms with Crippen LogP contribution in [0.1, 0.15) is 45.7 Å². The van der Waals surface area contributed by atoms with Gasteiger partial charge < -0.3 is 31.1 Å². The highest BCUT2D eigenvalue weighted by Crippen LogP contribution is 2.30. The number of aliphatic hydroxyl groups excluding tert-OH is 1. The van der Waals surface area contributed by atoms with Gasteiger partial charge in [0.1, 0.15) is 11.9 Å². The van der Waals surface area contributed by atoms with Crippen LogP contribution in [-0.2, 0) is 17.8 Å². The number of hydrogen-bond donors (Lipinski definition) is 4. The van der Waals surface area contributed by atoms with Gasteiger partial charge in [0.2, 0.25) is 5.91 Å². The van der Waals surface area contributed by atoms with E-state index >= 15 is 0 Å². The zero-order valence-electron chi connectivity index (χ0n) is 27.4. The van der Waals surface area contributed by atoms with Crippen molar-refractivity contribution in [3.8, 4) is 5.75 Å². The first-order valence-corrected chi connectivity index (χ1v) is 16.0. The van der Waals surface area contributed by atoms with Gasteiger partial charge in [0, 0.05) is 60.3 Å². The van der Waals surface area contributed by atoms with Crippen LogP contribution in [0, 0.1) is 5.92 Å². The van der Waals surface area contributed by atoms with E-state index < -0.39 is 0 Å². The largest absolute Gasteiger partial charge is 0.488 e. The topological polar surface area (TPSA) is 150 Å². The number of likely N-dealkylation sites (N-methyl/N-ethyl adjacent to an activating group) is 1. The normalized spacial score (nSPS) is 16.9. The Bertz CT molecular complexity index is 1730. The van der Waals surface area contributed by atoms with Gasteiger partial charge in [-0.1, -0.05) is 31.2 Å². The van der Waals surface area contributed by atoms with Crippen molar-refractivity contribution in [3.05, 3.63) is 114 Å². The second kappa shape index (κ2) is 15.6. The van der Waals surface area contributed by atoms with E-state index in [-0.39, 0.29) is 48.8 Å². The van der Waals surface area contributed by atoms with E-state index in [2.05, 4.69) is 20.5 Å². The number of nitrogens with one attached hydrogen (secondary N) is 2. The quantitative estimate of drug-likeness (QED) is 0.184. The molecule has 4 aromatic rings. The summed E-state index contributed by atoms with van der Waals surface area (Å²) in [7, 11) is 2.00. The van der Waals surface area contributed by atoms with Crippen molar-refractivity contribution in [1.82, 2.24) is 14.8 Å². The number of aliphatic hydroxyl groups is 1. The van der Waals surface area contributed by atoms with Crippen molar-refractivity contribution in [3.63, 3.8) is 0 Å². The minimum absolute atomic E-state index is 0.0602. The molecule has 0 fully saturated rings. The van der Waals surface area contributed by atoms with Crippen LogP contribution >= 0.6 is 0 Å². The number of carbonyl (C=O) groups is 3. The second-order valence-electron chi connectivity index (χ2n) is 12.3. The summed E-state index contributed by atoms with van der Waals surface area (Å²) < 4.78 is 6.64. The molecular weight excluding hydrogens is 608 g/mol. The third-order valence-corrected chi connectivity index (χ3v) is 8.49. The van der Waals surface area contributed by atoms with Gasteiger partial charge >= 0.3 is 0 Å². The van der Waals surface area contributed by atoms with Gasteiger partial charge in [0.15, 0.2) is 0 Å². The molecule has 0 radical (unpaired) electrons. The highest BCUT2D eigenvalue weighted by molar-refractivity contribution is 6.06. The molecule has 250 valence electrons. The number of pyridine rings is 1. The van der Waals surface area contributed by atoms with E-state index in [0.29, 0.717) is 59.1 Å². The fourth-order valence-corrected chi connectivity index (χ4v) is 5.68. The molecule has 0 saturated carbocycles. The average Bonchev–Trinajstić information content (AvgIpc) is 3.13. The summed E-state index contributed by atoms with van der Waals surface area (Å²) in [5, 5.41) is 15.7. The van der Waals surface area contributed by atoms with Crippen LogP contribution in [0.2, 0.25) is 0 Å². The molecule has 2 heterocycles. The number of fused-ring (bicyclic) bond motifs is 1. The zero-order chi connectivity index (χ0) is 34.2. The van der Waals surface area contributed by atoms with Crippen LogP contribution in [-0.4, -0.2) is 76.5 Å². The number of hydrogen-bond acceptors (Lipinski definition) is 8. The summed E-state index contributed by atoms with van der Waals surface area (Å²) in [5.41, 5.74) is 10.2. The van der Waals surface area contributed by atoms with Crippen molar-refractivity contribution >= 4 is 34.8 Å². The molecular formula is C37H42N6O5. The molecule has 0 spiro atoms. The van der Waals surface area contributed by atoms with Gasteiger partial charge in [-0.05, 0) is 74.1 Å². The van der Waals surface area contributed by atoms with Crippen LogP contribution in [0.15, 0.2) is 91.3 Å². The molecule has 48 heavy (non-hydrogen) atoms. The molecule has 3 atom stereocenters. The Morgan fingerprint density at radius 1 is 1.02 bits per heavy atom. The van der Waals surface area contributed by atoms with Gasteiger partial charge in [-0.25, -0.2) is 0 Å². The lowest BCUT2D eigenvalue weighted by molar-refractivity contribution is -0.134. The molecule has 3 amide bonds. The number of amides is 3. The maximum absolute atomic E-state index is 13.6. The fourth-order valence-electron chi connectivity index (χ4n) is 5.68. The molecule has 5 rings (SSSR count). The number of nitrogens with zero attached hydrogens (tertiary/aromatic N) is 3. The van der Waals surface area contributed by atoms with Gasteiger partial charge in [0.05, 0.1) is 30.4 Å². The molecule has 0 aliphatic carbocycles. The predicted molar refractivity (Wildman–Crippen MR) is 186 cm³/mol. The lowest BCUT2D eigenvalue weighted by Gasteiger charge is -2.34. The number of aromatic nitrogens is 1. The summed E-state index contributed by atoms with van der Waals surface area (Å²) in [5.74, 6) is -0.150. The number of nitrogens with two attached hydrogens (primary N) is 1. The second-order valence-corrected chi connectivity index (χ2v) is 12.3. The van der Waals surface area contributed by atoms with Crippen LogP contribution in [0.5, 0.6) is 5.75 Å². The van der Waals surface area contributed by atoms with E-state index in [1.807, 2.05) is 45.2 Å². The van der Waals surface area contributed by atoms with Crippen LogP contribution in [0.25, 0.3) is 0 Å². The maximum atomic E-state index is 13.6. The van der Waals surface area contributed by atoms with Gasteiger partial charge in [0.25, 0.3) is 11.8 Å². The van der Waals surface area contributed by atoms with Crippen molar-refractivity contribution in [2.45, 2.75) is 39.0 Å². The molecule has 0 bridgehead atoms. The molecule has 0 unspecified atom stereocenters. The number of anilines is 3. The molecule has 1 aliphatic heterocycles. The minimum atomic E-state index is -0.372. The standard InChI is InChI=1S/C37H42N6O5/c1-24-20-43(25(2)23-44)35(45)19-29-18-30(40-36(46)28-14-16-39-17-15-28)12-13-33(29)48-34(24)22-42(3)21-26-8-10-27(11-9-26)37(47)41-32-7-5-4-6-31(32)38/h4-18,24-25,34,44H,19-23,38H2,1-3H3,(H,40,46)(H,41,47)/t24-,25-,34-/m1/s1. The third-order valence-electron chi connectivity index (χ3n) is 8.49. The maximum Gasteiger partial charge on any atom is 0.255 e. The van der Waals surface area contributed by atoms with Gasteiger partial charge in [-0.3, -0.25) is 24.3 Å². The van der Waals surface area contributed by atoms with E-state index in [1.165, 1.54) is 0 Å². The number of ether oxygens (including phenoxy) is 1. The Kier molecular flexibility index (Phi) is 11.0. The average molecular weight is 651 g/mol. The molecule has 11 nitrogen and oxygen atoms in total. The van der Waals surface area contributed by atoms with Crippen molar-refractivity contribution < 1.29 is 24.2 Å². The van der Waals surface area contributed by atoms with Gasteiger partial charge in [-0.2, -0.15) is 0 Å². The molecule has 11 heteroatoms. The first-order chi connectivity index (χ1) is 23.1. The first-order valence-electron chi connectivity index (χ1n) is 16.0. The van der Waals surface area contributed by atoms with Gasteiger partial charge in [-0.15, -0.1) is 0 Å². The van der Waals surface area contributed by atoms with E-state index in [0.717, 1.165) is 5.56 Å². The Morgan fingerprint density at radius 2 is 1.71 bits per heavy atom. The van der Waals surface area contributed by atoms with Crippen LogP contribution in [0.4, 0.5) is 17.1 Å². The van der Waals surface area contributed by atoms with Crippen LogP contribution in [0.3, 0.4) is 0 Å². The number of nitrogen functional groups attached to an aromatic ring is 1. The third kappa shape index (κ3) is 8.55. The first kappa shape index (κ1) is 34.1. The summed E-state index contributed by atoms with van der Waals surface area (Å²) >= 11 is 0. The fraction of sp³-hybridized carbons (Fsp3) is 0.297. The minimum Gasteiger partial charge on any atom is -0.488 e. The molecule has 1 aromatic heterocycles. The summed E-state index contributed by atoms with van der Waals surface area (Å²) in [6.45, 7) is 5.27. The van der Waals surface area contributed by atoms with E-state index in [1.54, 1.807) is 71.9 Å². The van der Waals surface area contributed by atoms with Crippen molar-refractivity contribution in [1.29, 1.82) is 0 Å². The molecule has 1 aliphatic rings. The number of carbonyl (C=O) groups excluding carboxylic acids is 3. The zero-order valence-corrected chi connectivity index (χ0v) is 27.4. The van der Waals surface area contributed by atoms with Crippen molar-refractivity contribution in [2.75, 3.05) is 43.1 Å². The Hall–Kier alpha value is -5.26. The lowest BCUT2D eigenvalue weighted by Crippen LogP contribution is -2.47. The van der Waals surface area contributed by atoms with E-state index in [9.17, 15) is 19.5 Å². The van der Waals surface area contributed by atoms with Crippen molar-refractivity contribution in [2.24, 2.45) is 5.92 Å². The monoisotopic (exact) mass is 650 g/mol. The van der Waals surface area contributed by atoms with Crippen LogP contribution < -0.4 is 21.1 Å². The summed E-state index contributed by atoms with van der Waals surface area (Å²) in [4.78, 5) is 47.0. The smallest absolute Gasteiger partial charge is 0.255 e. The summed E-state index contributed by atoms with van der Waals surface area (Å²) in [6, 6.07) is 22.8. The summed E-state index contributed by atoms with van der Waals surface area (Å²) in [6.07, 6.45) is 2.87. The number of benzene rings is 3. The number of para-hydroxylation sites is 2. The predicted octanol–water partition coefficient (Wildman–Crippen LogP) is 4.45. The molecule has 3 aromatic carbocycles. The molecule has 5 N–H and O–H groups in total. The highest BCUT2D eigenvalue weighted by atomic mass is 16.5. The van der Waals surface area contributed by atoms with E-state index in [4.69, 9.17) is 10.5 Å². The highest BCUT2D eigenvalue weighted by Gasteiger charge is 2.31. The Balaban J connectivity index is 1.31. The Morgan fingerprint density at radius 3 is 2.42 bits per heavy atom. The lowest BCUT2D eigenvalue weighted by atomic mass is 10.0. The Labute approximate surface area is 280 Å².